The Morgan fingerprint density at radius 3 is 2.71 bits per heavy atom. The van der Waals surface area contributed by atoms with Crippen LogP contribution in [0.25, 0.3) is 0 Å². The fourth-order valence-corrected chi connectivity index (χ4v) is 4.57. The zero-order valence-electron chi connectivity index (χ0n) is 15.1. The molecule has 0 nitrogen and oxygen atoms in total. The first-order valence-corrected chi connectivity index (χ1v) is 9.81. The minimum Gasteiger partial charge on any atom is -0.206 e. The Balaban J connectivity index is 1.68. The van der Waals surface area contributed by atoms with E-state index in [-0.39, 0.29) is 5.82 Å². The quantitative estimate of drug-likeness (QED) is 0.499. The fraction of sp³-hybridized carbons (Fsp3) is 0.565. The lowest BCUT2D eigenvalue weighted by Crippen LogP contribution is -2.16. The molecule has 1 aromatic carbocycles. The van der Waals surface area contributed by atoms with Crippen LogP contribution in [0.15, 0.2) is 36.4 Å². The van der Waals surface area contributed by atoms with E-state index in [1.165, 1.54) is 36.8 Å². The monoisotopic (exact) mass is 326 g/mol. The van der Waals surface area contributed by atoms with Crippen LogP contribution in [0.3, 0.4) is 0 Å². The molecule has 0 bridgehead atoms. The molecule has 130 valence electrons. The number of fused-ring (bicyclic) bond motifs is 1. The average molecular weight is 326 g/mol. The first-order chi connectivity index (χ1) is 11.7. The fourth-order valence-electron chi connectivity index (χ4n) is 4.57. The molecule has 24 heavy (non-hydrogen) atoms. The topological polar surface area (TPSA) is 0 Å². The number of halogens is 1. The largest absolute Gasteiger partial charge is 0.206 e. The van der Waals surface area contributed by atoms with E-state index >= 15 is 4.39 Å². The Kier molecular flexibility index (Phi) is 5.92. The van der Waals surface area contributed by atoms with Crippen molar-refractivity contribution in [3.63, 3.8) is 0 Å². The van der Waals surface area contributed by atoms with Gasteiger partial charge in [0.25, 0.3) is 0 Å². The lowest BCUT2D eigenvalue weighted by atomic mass is 9.76. The summed E-state index contributed by atoms with van der Waals surface area (Å²) in [5, 5.41) is 0. The predicted octanol–water partition coefficient (Wildman–Crippen LogP) is 6.89. The van der Waals surface area contributed by atoms with E-state index in [0.717, 1.165) is 55.6 Å². The number of hydrogen-bond donors (Lipinski definition) is 0. The molecule has 0 aliphatic heterocycles. The van der Waals surface area contributed by atoms with E-state index in [1.54, 1.807) is 0 Å². The molecule has 1 heteroatoms. The molecule has 2 aliphatic carbocycles. The van der Waals surface area contributed by atoms with Crippen molar-refractivity contribution in [2.45, 2.75) is 77.0 Å². The Labute approximate surface area is 146 Å². The van der Waals surface area contributed by atoms with Crippen molar-refractivity contribution in [2.24, 2.45) is 5.92 Å². The highest BCUT2D eigenvalue weighted by Gasteiger charge is 2.26. The molecule has 2 aliphatic rings. The van der Waals surface area contributed by atoms with Crippen LogP contribution in [-0.2, 0) is 12.8 Å². The van der Waals surface area contributed by atoms with Crippen molar-refractivity contribution in [1.29, 1.82) is 0 Å². The van der Waals surface area contributed by atoms with Gasteiger partial charge in [-0.1, -0.05) is 43.2 Å². The third kappa shape index (κ3) is 3.82. The Morgan fingerprint density at radius 2 is 2.00 bits per heavy atom. The number of rotatable bonds is 6. The van der Waals surface area contributed by atoms with Gasteiger partial charge in [0.1, 0.15) is 5.82 Å². The molecule has 0 saturated heterocycles. The third-order valence-electron chi connectivity index (χ3n) is 6.02. The normalized spacial score (nSPS) is 23.5. The summed E-state index contributed by atoms with van der Waals surface area (Å²) in [6.45, 7) is 6.04. The maximum absolute atomic E-state index is 15.1. The second-order valence-corrected chi connectivity index (χ2v) is 7.68. The van der Waals surface area contributed by atoms with Crippen molar-refractivity contribution in [3.05, 3.63) is 58.9 Å². The van der Waals surface area contributed by atoms with Crippen LogP contribution in [0.1, 0.15) is 80.9 Å². The zero-order chi connectivity index (χ0) is 16.9. The molecule has 3 rings (SSSR count). The highest BCUT2D eigenvalue weighted by molar-refractivity contribution is 5.42. The summed E-state index contributed by atoms with van der Waals surface area (Å²) in [4.78, 5) is 0. The summed E-state index contributed by atoms with van der Waals surface area (Å²) in [6.07, 6.45) is 15.5. The number of allylic oxidation sites excluding steroid dienone is 3. The SMILES string of the molecule is C=CCCC1CCC(c2ccc3c(c2F)CC=C(CCC)C3)CC1. The van der Waals surface area contributed by atoms with Crippen molar-refractivity contribution in [3.8, 4) is 0 Å². The highest BCUT2D eigenvalue weighted by atomic mass is 19.1. The maximum atomic E-state index is 15.1. The van der Waals surface area contributed by atoms with Gasteiger partial charge in [-0.05, 0) is 86.3 Å². The van der Waals surface area contributed by atoms with Crippen LogP contribution < -0.4 is 0 Å². The molecule has 1 saturated carbocycles. The van der Waals surface area contributed by atoms with E-state index < -0.39 is 0 Å². The molecule has 0 N–H and O–H groups in total. The molecule has 1 fully saturated rings. The van der Waals surface area contributed by atoms with E-state index in [0.29, 0.717) is 5.92 Å². The van der Waals surface area contributed by atoms with Crippen molar-refractivity contribution in [2.75, 3.05) is 0 Å². The van der Waals surface area contributed by atoms with Crippen LogP contribution in [0.4, 0.5) is 4.39 Å². The second kappa shape index (κ2) is 8.14. The van der Waals surface area contributed by atoms with E-state index in [4.69, 9.17) is 0 Å². The van der Waals surface area contributed by atoms with E-state index in [2.05, 4.69) is 31.7 Å². The summed E-state index contributed by atoms with van der Waals surface area (Å²) in [5.74, 6) is 1.35. The first-order valence-electron chi connectivity index (χ1n) is 9.81. The van der Waals surface area contributed by atoms with Crippen molar-refractivity contribution >= 4 is 0 Å². The summed E-state index contributed by atoms with van der Waals surface area (Å²) in [6, 6.07) is 4.30. The molecule has 0 aromatic heterocycles. The first kappa shape index (κ1) is 17.5. The van der Waals surface area contributed by atoms with Gasteiger partial charge in [0.15, 0.2) is 0 Å². The van der Waals surface area contributed by atoms with Crippen LogP contribution in [0.5, 0.6) is 0 Å². The molecule has 0 radical (unpaired) electrons. The number of benzene rings is 1. The van der Waals surface area contributed by atoms with Crippen LogP contribution in [-0.4, -0.2) is 0 Å². The minimum absolute atomic E-state index is 0.105. The van der Waals surface area contributed by atoms with Gasteiger partial charge in [-0.15, -0.1) is 6.58 Å². The predicted molar refractivity (Wildman–Crippen MR) is 101 cm³/mol. The van der Waals surface area contributed by atoms with Crippen LogP contribution in [0, 0.1) is 11.7 Å². The van der Waals surface area contributed by atoms with E-state index in [1.807, 2.05) is 6.08 Å². The van der Waals surface area contributed by atoms with Gasteiger partial charge in [0.05, 0.1) is 0 Å². The maximum Gasteiger partial charge on any atom is 0.130 e. The van der Waals surface area contributed by atoms with Gasteiger partial charge in [-0.2, -0.15) is 0 Å². The second-order valence-electron chi connectivity index (χ2n) is 7.68. The Bertz CT molecular complexity index is 603. The summed E-state index contributed by atoms with van der Waals surface area (Å²) < 4.78 is 15.1. The van der Waals surface area contributed by atoms with Gasteiger partial charge in [0, 0.05) is 0 Å². The molecule has 0 heterocycles. The standard InChI is InChI=1S/C23H31F/c1-3-5-7-17-8-11-19(12-9-17)21-15-13-20-16-18(6-4-2)10-14-22(20)23(21)24/h3,10,13,15,17,19H,1,4-9,11-12,14,16H2,2H3. The van der Waals surface area contributed by atoms with Gasteiger partial charge in [0.2, 0.25) is 0 Å². The summed E-state index contributed by atoms with van der Waals surface area (Å²) in [5.41, 5.74) is 4.67. The highest BCUT2D eigenvalue weighted by Crippen LogP contribution is 2.40. The van der Waals surface area contributed by atoms with Crippen LogP contribution >= 0.6 is 0 Å². The summed E-state index contributed by atoms with van der Waals surface area (Å²) in [7, 11) is 0. The smallest absolute Gasteiger partial charge is 0.130 e. The minimum atomic E-state index is 0.105. The van der Waals surface area contributed by atoms with Crippen molar-refractivity contribution in [1.82, 2.24) is 0 Å². The van der Waals surface area contributed by atoms with Gasteiger partial charge in [-0.25, -0.2) is 4.39 Å². The third-order valence-corrected chi connectivity index (χ3v) is 6.02. The average Bonchev–Trinajstić information content (AvgIpc) is 2.61. The molecule has 1 aromatic rings. The lowest BCUT2D eigenvalue weighted by Gasteiger charge is -2.30. The molecular formula is C23H31F. The van der Waals surface area contributed by atoms with Gasteiger partial charge in [-0.3, -0.25) is 0 Å². The molecular weight excluding hydrogens is 295 g/mol. The molecule has 0 unspecified atom stereocenters. The molecule has 0 spiro atoms. The van der Waals surface area contributed by atoms with Gasteiger partial charge < -0.3 is 0 Å². The molecule has 0 amide bonds. The Morgan fingerprint density at radius 1 is 1.21 bits per heavy atom. The number of hydrogen-bond acceptors (Lipinski definition) is 0. The summed E-state index contributed by atoms with van der Waals surface area (Å²) >= 11 is 0. The molecule has 0 atom stereocenters. The van der Waals surface area contributed by atoms with Gasteiger partial charge >= 0.3 is 0 Å². The van der Waals surface area contributed by atoms with Crippen molar-refractivity contribution < 1.29 is 4.39 Å². The van der Waals surface area contributed by atoms with E-state index in [9.17, 15) is 0 Å². The lowest BCUT2D eigenvalue weighted by molar-refractivity contribution is 0.307. The Hall–Kier alpha value is -1.37. The van der Waals surface area contributed by atoms with Crippen LogP contribution in [0.2, 0.25) is 0 Å². The zero-order valence-corrected chi connectivity index (χ0v) is 15.1.